The SMILES string of the molecule is CCNCCC1(c2cccc(C(F)(F)F)c2)CCOC(C)(C)C1. The monoisotopic (exact) mass is 329 g/mol. The maximum absolute atomic E-state index is 13.1. The molecule has 1 aliphatic rings. The maximum atomic E-state index is 13.1. The van der Waals surface area contributed by atoms with Crippen molar-refractivity contribution in [2.24, 2.45) is 0 Å². The number of ether oxygens (including phenoxy) is 1. The molecule has 0 saturated carbocycles. The molecule has 1 N–H and O–H groups in total. The summed E-state index contributed by atoms with van der Waals surface area (Å²) in [6.07, 6.45) is -2.01. The molecule has 1 heterocycles. The molecule has 2 nitrogen and oxygen atoms in total. The summed E-state index contributed by atoms with van der Waals surface area (Å²) in [5.74, 6) is 0. The van der Waals surface area contributed by atoms with E-state index in [-0.39, 0.29) is 11.0 Å². The molecule has 2 rings (SSSR count). The summed E-state index contributed by atoms with van der Waals surface area (Å²) in [7, 11) is 0. The largest absolute Gasteiger partial charge is 0.416 e. The van der Waals surface area contributed by atoms with Crippen LogP contribution in [0.2, 0.25) is 0 Å². The smallest absolute Gasteiger partial charge is 0.376 e. The van der Waals surface area contributed by atoms with Crippen molar-refractivity contribution in [3.05, 3.63) is 35.4 Å². The van der Waals surface area contributed by atoms with Crippen molar-refractivity contribution in [2.45, 2.75) is 57.2 Å². The quantitative estimate of drug-likeness (QED) is 0.801. The molecule has 1 aromatic carbocycles. The Balaban J connectivity index is 2.37. The second-order valence-electron chi connectivity index (χ2n) is 7.00. The van der Waals surface area contributed by atoms with Gasteiger partial charge in [-0.15, -0.1) is 0 Å². The normalized spacial score (nSPS) is 24.6. The van der Waals surface area contributed by atoms with Crippen LogP contribution in [0, 0.1) is 0 Å². The number of benzene rings is 1. The minimum atomic E-state index is -4.31. The van der Waals surface area contributed by atoms with E-state index in [9.17, 15) is 13.2 Å². The Labute approximate surface area is 136 Å². The second-order valence-corrected chi connectivity index (χ2v) is 7.00. The van der Waals surface area contributed by atoms with Crippen LogP contribution in [-0.2, 0) is 16.3 Å². The highest BCUT2D eigenvalue weighted by atomic mass is 19.4. The Morgan fingerprint density at radius 3 is 2.61 bits per heavy atom. The minimum absolute atomic E-state index is 0.273. The molecule has 1 unspecified atom stereocenters. The highest BCUT2D eigenvalue weighted by Gasteiger charge is 2.42. The van der Waals surface area contributed by atoms with Crippen molar-refractivity contribution < 1.29 is 17.9 Å². The minimum Gasteiger partial charge on any atom is -0.376 e. The molecule has 130 valence electrons. The van der Waals surface area contributed by atoms with E-state index in [0.29, 0.717) is 6.61 Å². The predicted octanol–water partition coefficient (Wildman–Crippen LogP) is 4.53. The molecular weight excluding hydrogens is 303 g/mol. The Hall–Kier alpha value is -1.07. The van der Waals surface area contributed by atoms with Gasteiger partial charge >= 0.3 is 6.18 Å². The van der Waals surface area contributed by atoms with Gasteiger partial charge in [0.1, 0.15) is 0 Å². The van der Waals surface area contributed by atoms with E-state index in [1.807, 2.05) is 26.8 Å². The summed E-state index contributed by atoms with van der Waals surface area (Å²) in [4.78, 5) is 0. The molecule has 0 spiro atoms. The lowest BCUT2D eigenvalue weighted by molar-refractivity contribution is -0.137. The topological polar surface area (TPSA) is 21.3 Å². The number of alkyl halides is 3. The molecule has 1 saturated heterocycles. The number of halogens is 3. The van der Waals surface area contributed by atoms with Gasteiger partial charge in [0.2, 0.25) is 0 Å². The van der Waals surface area contributed by atoms with Crippen molar-refractivity contribution >= 4 is 0 Å². The molecule has 0 aliphatic carbocycles. The molecule has 0 radical (unpaired) electrons. The first-order valence-corrected chi connectivity index (χ1v) is 8.21. The van der Waals surface area contributed by atoms with Gasteiger partial charge in [-0.25, -0.2) is 0 Å². The molecule has 0 aromatic heterocycles. The van der Waals surface area contributed by atoms with E-state index in [4.69, 9.17) is 4.74 Å². The number of hydrogen-bond donors (Lipinski definition) is 1. The van der Waals surface area contributed by atoms with Crippen LogP contribution in [0.15, 0.2) is 24.3 Å². The van der Waals surface area contributed by atoms with Gasteiger partial charge in [0.15, 0.2) is 0 Å². The fourth-order valence-corrected chi connectivity index (χ4v) is 3.61. The van der Waals surface area contributed by atoms with Crippen LogP contribution in [0.25, 0.3) is 0 Å². The van der Waals surface area contributed by atoms with Crippen LogP contribution >= 0.6 is 0 Å². The first kappa shape index (κ1) is 18.3. The number of hydrogen-bond acceptors (Lipinski definition) is 2. The summed E-state index contributed by atoms with van der Waals surface area (Å²) in [5.41, 5.74) is -0.382. The fourth-order valence-electron chi connectivity index (χ4n) is 3.61. The van der Waals surface area contributed by atoms with Gasteiger partial charge in [0.05, 0.1) is 11.2 Å². The Morgan fingerprint density at radius 2 is 2.00 bits per heavy atom. The van der Waals surface area contributed by atoms with Crippen molar-refractivity contribution in [3.63, 3.8) is 0 Å². The standard InChI is InChI=1S/C18H26F3NO/c1-4-22-10-8-17(9-11-23-16(2,3)13-17)14-6-5-7-15(12-14)18(19,20)21/h5-7,12,22H,4,8-11,13H2,1-3H3. The van der Waals surface area contributed by atoms with Gasteiger partial charge in [-0.3, -0.25) is 0 Å². The average Bonchev–Trinajstić information content (AvgIpc) is 2.46. The average molecular weight is 329 g/mol. The third kappa shape index (κ3) is 4.48. The summed E-state index contributed by atoms with van der Waals surface area (Å²) in [6, 6.07) is 5.83. The lowest BCUT2D eigenvalue weighted by atomic mass is 9.67. The molecule has 5 heteroatoms. The van der Waals surface area contributed by atoms with E-state index in [1.54, 1.807) is 0 Å². The first-order chi connectivity index (χ1) is 10.7. The molecule has 1 atom stereocenters. The Kier molecular flexibility index (Phi) is 5.41. The van der Waals surface area contributed by atoms with E-state index < -0.39 is 11.7 Å². The molecular formula is C18H26F3NO. The zero-order valence-corrected chi connectivity index (χ0v) is 14.1. The predicted molar refractivity (Wildman–Crippen MR) is 85.5 cm³/mol. The van der Waals surface area contributed by atoms with Crippen molar-refractivity contribution in [3.8, 4) is 0 Å². The first-order valence-electron chi connectivity index (χ1n) is 8.21. The van der Waals surface area contributed by atoms with Crippen LogP contribution < -0.4 is 5.32 Å². The van der Waals surface area contributed by atoms with Crippen LogP contribution in [0.3, 0.4) is 0 Å². The van der Waals surface area contributed by atoms with E-state index in [0.717, 1.165) is 44.0 Å². The summed E-state index contributed by atoms with van der Waals surface area (Å²) in [6.45, 7) is 8.30. The van der Waals surface area contributed by atoms with Crippen LogP contribution in [0.5, 0.6) is 0 Å². The van der Waals surface area contributed by atoms with Crippen LogP contribution in [0.1, 0.15) is 51.2 Å². The van der Waals surface area contributed by atoms with Gasteiger partial charge in [-0.05, 0) is 57.8 Å². The van der Waals surface area contributed by atoms with Gasteiger partial charge in [-0.2, -0.15) is 13.2 Å². The molecule has 1 aromatic rings. The third-order valence-electron chi connectivity index (χ3n) is 4.67. The van der Waals surface area contributed by atoms with Crippen LogP contribution in [-0.4, -0.2) is 25.3 Å². The second kappa shape index (κ2) is 6.81. The zero-order chi connectivity index (χ0) is 17.1. The molecule has 0 bridgehead atoms. The van der Waals surface area contributed by atoms with Crippen molar-refractivity contribution in [1.82, 2.24) is 5.32 Å². The third-order valence-corrected chi connectivity index (χ3v) is 4.67. The molecule has 0 amide bonds. The Morgan fingerprint density at radius 1 is 1.26 bits per heavy atom. The molecule has 23 heavy (non-hydrogen) atoms. The van der Waals surface area contributed by atoms with Gasteiger partial charge in [0.25, 0.3) is 0 Å². The van der Waals surface area contributed by atoms with Gasteiger partial charge < -0.3 is 10.1 Å². The van der Waals surface area contributed by atoms with Gasteiger partial charge in [-0.1, -0.05) is 25.1 Å². The summed E-state index contributed by atoms with van der Waals surface area (Å²) in [5, 5.41) is 3.30. The highest BCUT2D eigenvalue weighted by Crippen LogP contribution is 2.45. The number of nitrogens with one attached hydrogen (secondary N) is 1. The lowest BCUT2D eigenvalue weighted by Gasteiger charge is -2.45. The van der Waals surface area contributed by atoms with E-state index >= 15 is 0 Å². The van der Waals surface area contributed by atoms with Crippen molar-refractivity contribution in [2.75, 3.05) is 19.7 Å². The number of rotatable bonds is 5. The Bertz CT molecular complexity index is 527. The van der Waals surface area contributed by atoms with Crippen molar-refractivity contribution in [1.29, 1.82) is 0 Å². The summed E-state index contributed by atoms with van der Waals surface area (Å²) >= 11 is 0. The van der Waals surface area contributed by atoms with E-state index in [1.165, 1.54) is 12.1 Å². The lowest BCUT2D eigenvalue weighted by Crippen LogP contribution is -2.45. The molecule has 1 fully saturated rings. The van der Waals surface area contributed by atoms with Gasteiger partial charge in [0, 0.05) is 12.0 Å². The highest BCUT2D eigenvalue weighted by molar-refractivity contribution is 5.33. The zero-order valence-electron chi connectivity index (χ0n) is 14.1. The van der Waals surface area contributed by atoms with E-state index in [2.05, 4.69) is 5.32 Å². The molecule has 1 aliphatic heterocycles. The fraction of sp³-hybridized carbons (Fsp3) is 0.667. The summed E-state index contributed by atoms with van der Waals surface area (Å²) < 4.78 is 45.0. The van der Waals surface area contributed by atoms with Crippen LogP contribution in [0.4, 0.5) is 13.2 Å². The maximum Gasteiger partial charge on any atom is 0.416 e.